The third-order valence-corrected chi connectivity index (χ3v) is 4.24. The van der Waals surface area contributed by atoms with Crippen molar-refractivity contribution in [2.75, 3.05) is 24.3 Å². The minimum absolute atomic E-state index is 1.00. The van der Waals surface area contributed by atoms with Gasteiger partial charge in [0.05, 0.1) is 16.7 Å². The van der Waals surface area contributed by atoms with Crippen molar-refractivity contribution in [3.05, 3.63) is 72.8 Å². The van der Waals surface area contributed by atoms with Crippen LogP contribution in [0.4, 0.5) is 17.1 Å². The van der Waals surface area contributed by atoms with E-state index >= 15 is 0 Å². The van der Waals surface area contributed by atoms with Gasteiger partial charge in [-0.1, -0.05) is 36.4 Å². The second-order valence-electron chi connectivity index (χ2n) is 6.09. The van der Waals surface area contributed by atoms with Gasteiger partial charge in [0.25, 0.3) is 0 Å². The van der Waals surface area contributed by atoms with Crippen LogP contribution >= 0.6 is 0 Å². The molecule has 1 heterocycles. The highest BCUT2D eigenvalue weighted by Crippen LogP contribution is 2.33. The van der Waals surface area contributed by atoms with Crippen molar-refractivity contribution >= 4 is 38.9 Å². The zero-order valence-corrected chi connectivity index (χ0v) is 13.8. The Hall–Kier alpha value is -3.07. The van der Waals surface area contributed by atoms with E-state index in [9.17, 15) is 0 Å². The van der Waals surface area contributed by atoms with Crippen LogP contribution < -0.4 is 10.2 Å². The molecule has 0 saturated heterocycles. The Balaban J connectivity index is 1.87. The molecule has 0 amide bonds. The van der Waals surface area contributed by atoms with E-state index in [1.807, 2.05) is 26.2 Å². The number of pyridine rings is 1. The van der Waals surface area contributed by atoms with Crippen LogP contribution in [0.5, 0.6) is 0 Å². The zero-order chi connectivity index (χ0) is 16.5. The summed E-state index contributed by atoms with van der Waals surface area (Å²) < 4.78 is 0. The number of rotatable bonds is 3. The molecule has 3 nitrogen and oxygen atoms in total. The van der Waals surface area contributed by atoms with Crippen molar-refractivity contribution in [1.82, 2.24) is 4.98 Å². The maximum atomic E-state index is 4.77. The second-order valence-corrected chi connectivity index (χ2v) is 6.09. The first-order valence-electron chi connectivity index (χ1n) is 8.04. The van der Waals surface area contributed by atoms with Crippen LogP contribution in [0, 0.1) is 0 Å². The summed E-state index contributed by atoms with van der Waals surface area (Å²) in [4.78, 5) is 6.87. The summed E-state index contributed by atoms with van der Waals surface area (Å²) in [6, 6.07) is 25.0. The summed E-state index contributed by atoms with van der Waals surface area (Å²) in [6.07, 6.45) is 0. The van der Waals surface area contributed by atoms with Crippen molar-refractivity contribution in [3.63, 3.8) is 0 Å². The van der Waals surface area contributed by atoms with Crippen molar-refractivity contribution in [2.45, 2.75) is 0 Å². The molecule has 0 radical (unpaired) electrons. The average molecular weight is 313 g/mol. The highest BCUT2D eigenvalue weighted by molar-refractivity contribution is 6.08. The number of nitrogens with zero attached hydrogens (tertiary/aromatic N) is 2. The van der Waals surface area contributed by atoms with Gasteiger partial charge < -0.3 is 10.2 Å². The van der Waals surface area contributed by atoms with Crippen molar-refractivity contribution in [2.24, 2.45) is 0 Å². The monoisotopic (exact) mass is 313 g/mol. The zero-order valence-electron chi connectivity index (χ0n) is 13.8. The maximum absolute atomic E-state index is 4.77. The second kappa shape index (κ2) is 5.85. The lowest BCUT2D eigenvalue weighted by Crippen LogP contribution is -2.08. The molecule has 0 aliphatic rings. The molecule has 0 fully saturated rings. The van der Waals surface area contributed by atoms with Gasteiger partial charge in [-0.05, 0) is 36.4 Å². The predicted molar refractivity (Wildman–Crippen MR) is 103 cm³/mol. The van der Waals surface area contributed by atoms with Crippen molar-refractivity contribution < 1.29 is 0 Å². The molecule has 0 unspecified atom stereocenters. The molecule has 118 valence electrons. The van der Waals surface area contributed by atoms with Crippen molar-refractivity contribution in [3.8, 4) is 0 Å². The van der Waals surface area contributed by atoms with E-state index in [0.717, 1.165) is 33.2 Å². The van der Waals surface area contributed by atoms with Crippen LogP contribution in [0.25, 0.3) is 21.8 Å². The summed E-state index contributed by atoms with van der Waals surface area (Å²) >= 11 is 0. The van der Waals surface area contributed by atoms with Gasteiger partial charge in [0.1, 0.15) is 0 Å². The summed E-state index contributed by atoms with van der Waals surface area (Å²) in [5.41, 5.74) is 5.37. The Morgan fingerprint density at radius 3 is 1.79 bits per heavy atom. The average Bonchev–Trinajstić information content (AvgIpc) is 2.62. The Labute approximate surface area is 141 Å². The van der Waals surface area contributed by atoms with Crippen LogP contribution in [0.1, 0.15) is 0 Å². The smallest absolute Gasteiger partial charge is 0.0730 e. The number of nitrogens with one attached hydrogen (secondary N) is 1. The van der Waals surface area contributed by atoms with Gasteiger partial charge in [0.15, 0.2) is 0 Å². The lowest BCUT2D eigenvalue weighted by atomic mass is 10.1. The molecule has 0 bridgehead atoms. The SMILES string of the molecule is CN(C)c1ccc(Nc2c3ccccc3nc3ccccc23)cc1. The largest absolute Gasteiger partial charge is 0.378 e. The molecular formula is C21H19N3. The Morgan fingerprint density at radius 2 is 1.25 bits per heavy atom. The summed E-state index contributed by atoms with van der Waals surface area (Å²) in [7, 11) is 4.10. The number of hydrogen-bond donors (Lipinski definition) is 1. The van der Waals surface area contributed by atoms with Gasteiger partial charge >= 0.3 is 0 Å². The number of fused-ring (bicyclic) bond motifs is 2. The van der Waals surface area contributed by atoms with Crippen LogP contribution in [0.2, 0.25) is 0 Å². The molecule has 4 aromatic rings. The maximum Gasteiger partial charge on any atom is 0.0730 e. The molecule has 1 N–H and O–H groups in total. The quantitative estimate of drug-likeness (QED) is 0.527. The Kier molecular flexibility index (Phi) is 3.54. The van der Waals surface area contributed by atoms with Gasteiger partial charge in [-0.2, -0.15) is 0 Å². The molecule has 0 atom stereocenters. The van der Waals surface area contributed by atoms with E-state index < -0.39 is 0 Å². The lowest BCUT2D eigenvalue weighted by molar-refractivity contribution is 1.13. The van der Waals surface area contributed by atoms with Crippen LogP contribution in [0.3, 0.4) is 0 Å². The van der Waals surface area contributed by atoms with E-state index in [2.05, 4.69) is 70.9 Å². The Bertz CT molecular complexity index is 950. The normalized spacial score (nSPS) is 10.9. The third kappa shape index (κ3) is 2.54. The lowest BCUT2D eigenvalue weighted by Gasteiger charge is -2.15. The molecule has 24 heavy (non-hydrogen) atoms. The number of benzene rings is 3. The standard InChI is InChI=1S/C21H19N3/c1-24(2)16-13-11-15(12-14-16)22-21-17-7-3-5-9-19(17)23-20-10-6-4-8-18(20)21/h3-14H,1-2H3,(H,22,23). The molecule has 3 aromatic carbocycles. The molecule has 0 aliphatic carbocycles. The van der Waals surface area contributed by atoms with Crippen LogP contribution in [-0.2, 0) is 0 Å². The van der Waals surface area contributed by atoms with E-state index in [0.29, 0.717) is 0 Å². The molecule has 3 heteroatoms. The molecule has 1 aromatic heterocycles. The molecule has 0 spiro atoms. The first kappa shape index (κ1) is 14.5. The van der Waals surface area contributed by atoms with Crippen molar-refractivity contribution in [1.29, 1.82) is 0 Å². The van der Waals surface area contributed by atoms with E-state index in [-0.39, 0.29) is 0 Å². The minimum atomic E-state index is 1.00. The van der Waals surface area contributed by atoms with Crippen LogP contribution in [0.15, 0.2) is 72.8 Å². The summed E-state index contributed by atoms with van der Waals surface area (Å²) in [6.45, 7) is 0. The first-order valence-corrected chi connectivity index (χ1v) is 8.04. The van der Waals surface area contributed by atoms with Gasteiger partial charge in [0.2, 0.25) is 0 Å². The van der Waals surface area contributed by atoms with E-state index in [1.165, 1.54) is 5.69 Å². The number of hydrogen-bond acceptors (Lipinski definition) is 3. The number of aromatic nitrogens is 1. The molecule has 0 saturated carbocycles. The fourth-order valence-electron chi connectivity index (χ4n) is 2.96. The minimum Gasteiger partial charge on any atom is -0.378 e. The van der Waals surface area contributed by atoms with E-state index in [4.69, 9.17) is 4.98 Å². The fourth-order valence-corrected chi connectivity index (χ4v) is 2.96. The molecular weight excluding hydrogens is 294 g/mol. The van der Waals surface area contributed by atoms with Gasteiger partial charge in [0, 0.05) is 36.2 Å². The van der Waals surface area contributed by atoms with Gasteiger partial charge in [-0.3, -0.25) is 0 Å². The number of anilines is 3. The fraction of sp³-hybridized carbons (Fsp3) is 0.0952. The van der Waals surface area contributed by atoms with E-state index in [1.54, 1.807) is 0 Å². The summed E-state index contributed by atoms with van der Waals surface area (Å²) in [5, 5.41) is 5.86. The predicted octanol–water partition coefficient (Wildman–Crippen LogP) is 5.20. The van der Waals surface area contributed by atoms with Gasteiger partial charge in [-0.15, -0.1) is 0 Å². The highest BCUT2D eigenvalue weighted by atomic mass is 15.1. The van der Waals surface area contributed by atoms with Gasteiger partial charge in [-0.25, -0.2) is 4.98 Å². The summed E-state index contributed by atoms with van der Waals surface area (Å²) in [5.74, 6) is 0. The first-order chi connectivity index (χ1) is 11.7. The Morgan fingerprint density at radius 1 is 0.708 bits per heavy atom. The van der Waals surface area contributed by atoms with Crippen LogP contribution in [-0.4, -0.2) is 19.1 Å². The molecule has 0 aliphatic heterocycles. The topological polar surface area (TPSA) is 28.2 Å². The number of para-hydroxylation sites is 2. The molecule has 4 rings (SSSR count). The highest BCUT2D eigenvalue weighted by Gasteiger charge is 2.09. The third-order valence-electron chi connectivity index (χ3n) is 4.24.